The normalized spacial score (nSPS) is 20.3. The lowest BCUT2D eigenvalue weighted by molar-refractivity contribution is -0.184. The summed E-state index contributed by atoms with van der Waals surface area (Å²) in [6.45, 7) is 0.887. The van der Waals surface area contributed by atoms with Gasteiger partial charge in [-0.05, 0) is 48.6 Å². The molecule has 2 atom stereocenters. The minimum absolute atomic E-state index is 0.107. The molecule has 0 spiro atoms. The number of ether oxygens (including phenoxy) is 2. The first kappa shape index (κ1) is 23.4. The zero-order valence-electron chi connectivity index (χ0n) is 17.3. The monoisotopic (exact) mass is 508 g/mol. The predicted octanol–water partition coefficient (Wildman–Crippen LogP) is 5.17. The number of hydrogen-bond donors (Lipinski definition) is 2. The molecule has 0 radical (unpaired) electrons. The molecular formula is C22H22Cl2N4O2S2. The molecule has 0 saturated carbocycles. The summed E-state index contributed by atoms with van der Waals surface area (Å²) in [4.78, 5) is 5.26. The van der Waals surface area contributed by atoms with Crippen LogP contribution >= 0.6 is 47.2 Å². The third-order valence-electron chi connectivity index (χ3n) is 4.93. The van der Waals surface area contributed by atoms with Gasteiger partial charge in [-0.1, -0.05) is 29.3 Å². The molecule has 1 aliphatic rings. The van der Waals surface area contributed by atoms with Gasteiger partial charge in [-0.3, -0.25) is 0 Å². The van der Waals surface area contributed by atoms with E-state index < -0.39 is 5.79 Å². The Bertz CT molecular complexity index is 1070. The molecule has 2 aromatic carbocycles. The van der Waals surface area contributed by atoms with Gasteiger partial charge in [-0.2, -0.15) is 0 Å². The molecule has 1 aliphatic heterocycles. The van der Waals surface area contributed by atoms with Crippen LogP contribution in [0.4, 0.5) is 5.69 Å². The van der Waals surface area contributed by atoms with E-state index >= 15 is 0 Å². The first-order valence-electron chi connectivity index (χ1n) is 9.92. The molecule has 0 amide bonds. The second-order valence-electron chi connectivity index (χ2n) is 7.20. The van der Waals surface area contributed by atoms with Crippen molar-refractivity contribution in [1.82, 2.24) is 14.9 Å². The molecule has 2 heterocycles. The molecule has 1 aromatic heterocycles. The molecule has 1 saturated heterocycles. The van der Waals surface area contributed by atoms with Crippen LogP contribution in [-0.2, 0) is 21.8 Å². The number of halogens is 2. The number of imidazole rings is 1. The SMILES string of the molecule is CNC(=S)Nc1ccc(SC[C@@H]2CO[C@@](Cn3ccnc3)(c3ccc(Cl)cc3Cl)O2)cc1. The molecule has 2 N–H and O–H groups in total. The van der Waals surface area contributed by atoms with Crippen LogP contribution in [0.3, 0.4) is 0 Å². The number of anilines is 1. The lowest BCUT2D eigenvalue weighted by atomic mass is 10.1. The number of nitrogens with zero attached hydrogens (tertiary/aromatic N) is 2. The smallest absolute Gasteiger partial charge is 0.215 e. The van der Waals surface area contributed by atoms with E-state index in [0.29, 0.717) is 28.3 Å². The number of hydrogen-bond acceptors (Lipinski definition) is 5. The predicted molar refractivity (Wildman–Crippen MR) is 134 cm³/mol. The number of rotatable bonds is 7. The van der Waals surface area contributed by atoms with E-state index in [1.165, 1.54) is 0 Å². The third-order valence-corrected chi connectivity index (χ3v) is 6.92. The minimum Gasteiger partial charge on any atom is -0.366 e. The highest BCUT2D eigenvalue weighted by Crippen LogP contribution is 2.41. The zero-order valence-corrected chi connectivity index (χ0v) is 20.4. The fourth-order valence-electron chi connectivity index (χ4n) is 3.39. The quantitative estimate of drug-likeness (QED) is 0.337. The topological polar surface area (TPSA) is 60.3 Å². The van der Waals surface area contributed by atoms with Crippen LogP contribution in [0, 0.1) is 0 Å². The molecule has 168 valence electrons. The van der Waals surface area contributed by atoms with E-state index in [2.05, 4.69) is 27.8 Å². The van der Waals surface area contributed by atoms with Crippen LogP contribution in [0.5, 0.6) is 0 Å². The summed E-state index contributed by atoms with van der Waals surface area (Å²) in [5.74, 6) is -0.275. The Labute approximate surface area is 206 Å². The van der Waals surface area contributed by atoms with Gasteiger partial charge in [-0.15, -0.1) is 11.8 Å². The van der Waals surface area contributed by atoms with Crippen LogP contribution < -0.4 is 10.6 Å². The first-order chi connectivity index (χ1) is 15.5. The molecule has 0 aliphatic carbocycles. The second-order valence-corrected chi connectivity index (χ2v) is 9.55. The average Bonchev–Trinajstić information content (AvgIpc) is 3.44. The van der Waals surface area contributed by atoms with Crippen molar-refractivity contribution >= 4 is 58.0 Å². The summed E-state index contributed by atoms with van der Waals surface area (Å²) in [5, 5.41) is 7.66. The molecule has 1 fully saturated rings. The lowest BCUT2D eigenvalue weighted by Crippen LogP contribution is -2.34. The van der Waals surface area contributed by atoms with Crippen molar-refractivity contribution in [2.24, 2.45) is 0 Å². The lowest BCUT2D eigenvalue weighted by Gasteiger charge is -2.30. The van der Waals surface area contributed by atoms with E-state index in [1.54, 1.807) is 43.5 Å². The summed E-state index contributed by atoms with van der Waals surface area (Å²) in [6.07, 6.45) is 5.22. The second kappa shape index (κ2) is 10.4. The Kier molecular flexibility index (Phi) is 7.60. The van der Waals surface area contributed by atoms with Gasteiger partial charge in [0.1, 0.15) is 0 Å². The first-order valence-corrected chi connectivity index (χ1v) is 12.1. The summed E-state index contributed by atoms with van der Waals surface area (Å²) in [6, 6.07) is 13.5. The molecule has 10 heteroatoms. The Hall–Kier alpha value is -1.81. The zero-order chi connectivity index (χ0) is 22.6. The summed E-state index contributed by atoms with van der Waals surface area (Å²) >= 11 is 19.5. The number of thioether (sulfide) groups is 1. The Morgan fingerprint density at radius 3 is 2.78 bits per heavy atom. The Morgan fingerprint density at radius 2 is 2.09 bits per heavy atom. The van der Waals surface area contributed by atoms with Crippen molar-refractivity contribution in [2.75, 3.05) is 24.7 Å². The number of benzene rings is 2. The van der Waals surface area contributed by atoms with E-state index in [9.17, 15) is 0 Å². The van der Waals surface area contributed by atoms with E-state index in [4.69, 9.17) is 44.9 Å². The van der Waals surface area contributed by atoms with Crippen molar-refractivity contribution in [1.29, 1.82) is 0 Å². The summed E-state index contributed by atoms with van der Waals surface area (Å²) < 4.78 is 14.7. The van der Waals surface area contributed by atoms with Crippen LogP contribution in [0.25, 0.3) is 0 Å². The van der Waals surface area contributed by atoms with Crippen molar-refractivity contribution in [2.45, 2.75) is 23.3 Å². The summed E-state index contributed by atoms with van der Waals surface area (Å²) in [7, 11) is 1.79. The molecular weight excluding hydrogens is 487 g/mol. The highest BCUT2D eigenvalue weighted by molar-refractivity contribution is 7.99. The standard InChI is InChI=1S/C22H22Cl2N4O2S2/c1-25-21(31)27-16-3-5-18(6-4-16)32-12-17-11-29-22(30-17,13-28-9-8-26-14-28)19-7-2-15(23)10-20(19)24/h2-10,14,17H,11-13H2,1H3,(H2,25,27,31)/t17-,22+/m0/s1. The van der Waals surface area contributed by atoms with Crippen molar-refractivity contribution in [3.8, 4) is 0 Å². The Morgan fingerprint density at radius 1 is 1.28 bits per heavy atom. The summed E-state index contributed by atoms with van der Waals surface area (Å²) in [5.41, 5.74) is 1.69. The highest BCUT2D eigenvalue weighted by Gasteiger charge is 2.45. The van der Waals surface area contributed by atoms with Gasteiger partial charge in [0.2, 0.25) is 5.79 Å². The molecule has 0 unspecified atom stereocenters. The fourth-order valence-corrected chi connectivity index (χ4v) is 4.93. The van der Waals surface area contributed by atoms with Gasteiger partial charge in [0.05, 0.1) is 30.6 Å². The van der Waals surface area contributed by atoms with Gasteiger partial charge < -0.3 is 24.7 Å². The van der Waals surface area contributed by atoms with Gasteiger partial charge in [0, 0.05) is 46.4 Å². The maximum Gasteiger partial charge on any atom is 0.215 e. The largest absolute Gasteiger partial charge is 0.366 e. The Balaban J connectivity index is 1.45. The molecule has 0 bridgehead atoms. The van der Waals surface area contributed by atoms with Crippen molar-refractivity contribution in [3.05, 3.63) is 76.8 Å². The van der Waals surface area contributed by atoms with E-state index in [1.807, 2.05) is 29.0 Å². The number of nitrogens with one attached hydrogen (secondary N) is 2. The van der Waals surface area contributed by atoms with Gasteiger partial charge >= 0.3 is 0 Å². The molecule has 6 nitrogen and oxygen atoms in total. The van der Waals surface area contributed by atoms with Gasteiger partial charge in [0.15, 0.2) is 5.11 Å². The third kappa shape index (κ3) is 5.57. The molecule has 3 aromatic rings. The van der Waals surface area contributed by atoms with E-state index in [0.717, 1.165) is 21.9 Å². The van der Waals surface area contributed by atoms with Gasteiger partial charge in [-0.25, -0.2) is 4.98 Å². The van der Waals surface area contributed by atoms with E-state index in [-0.39, 0.29) is 6.10 Å². The maximum atomic E-state index is 6.53. The maximum absolute atomic E-state index is 6.53. The molecule has 4 rings (SSSR count). The van der Waals surface area contributed by atoms with Crippen molar-refractivity contribution in [3.63, 3.8) is 0 Å². The van der Waals surface area contributed by atoms with Crippen LogP contribution in [0.1, 0.15) is 5.56 Å². The van der Waals surface area contributed by atoms with Gasteiger partial charge in [0.25, 0.3) is 0 Å². The van der Waals surface area contributed by atoms with Crippen LogP contribution in [0.15, 0.2) is 66.1 Å². The number of thiocarbonyl (C=S) groups is 1. The van der Waals surface area contributed by atoms with Crippen LogP contribution in [-0.4, -0.2) is 40.2 Å². The molecule has 32 heavy (non-hydrogen) atoms. The average molecular weight is 509 g/mol. The highest BCUT2D eigenvalue weighted by atomic mass is 35.5. The van der Waals surface area contributed by atoms with Crippen LogP contribution in [0.2, 0.25) is 10.0 Å². The number of aromatic nitrogens is 2. The minimum atomic E-state index is -1.01. The van der Waals surface area contributed by atoms with Crippen molar-refractivity contribution < 1.29 is 9.47 Å². The fraction of sp³-hybridized carbons (Fsp3) is 0.273.